The maximum absolute atomic E-state index is 5.36. The van der Waals surface area contributed by atoms with Crippen LogP contribution in [0.25, 0.3) is 0 Å². The fourth-order valence-corrected chi connectivity index (χ4v) is 0.453. The number of anilines is 1. The molecule has 2 nitrogen and oxygen atoms in total. The highest BCUT2D eigenvalue weighted by Crippen LogP contribution is 1.95. The van der Waals surface area contributed by atoms with Crippen molar-refractivity contribution in [3.63, 3.8) is 0 Å². The normalized spacial score (nSPS) is 8.82. The molecule has 0 aromatic heterocycles. The summed E-state index contributed by atoms with van der Waals surface area (Å²) in [6.45, 7) is 1.88. The first kappa shape index (κ1) is 9.56. The molecule has 0 aliphatic carbocycles. The summed E-state index contributed by atoms with van der Waals surface area (Å²) in [4.78, 5) is 0. The van der Waals surface area contributed by atoms with Crippen LogP contribution in [0.1, 0.15) is 6.92 Å². The van der Waals surface area contributed by atoms with Crippen LogP contribution in [0.2, 0.25) is 0 Å². The minimum absolute atomic E-state index is 0.822. The summed E-state index contributed by atoms with van der Waals surface area (Å²) in [5.41, 5.74) is 11.0. The lowest BCUT2D eigenvalue weighted by molar-refractivity contribution is 1.55. The molecule has 0 amide bonds. The lowest BCUT2D eigenvalue weighted by Crippen LogP contribution is -1.79. The van der Waals surface area contributed by atoms with E-state index in [4.69, 9.17) is 11.5 Å². The number of allylic oxidation sites excluding steroid dienone is 1. The molecule has 11 heavy (non-hydrogen) atoms. The highest BCUT2D eigenvalue weighted by Gasteiger charge is 1.72. The summed E-state index contributed by atoms with van der Waals surface area (Å²) in [7, 11) is 0. The second-order valence-electron chi connectivity index (χ2n) is 1.94. The monoisotopic (exact) mass is 150 g/mol. The summed E-state index contributed by atoms with van der Waals surface area (Å²) in [6, 6.07) is 9.49. The van der Waals surface area contributed by atoms with Gasteiger partial charge in [-0.25, -0.2) is 0 Å². The van der Waals surface area contributed by atoms with Crippen LogP contribution >= 0.6 is 0 Å². The molecule has 1 rings (SSSR count). The molecule has 4 N–H and O–H groups in total. The van der Waals surface area contributed by atoms with E-state index < -0.39 is 0 Å². The van der Waals surface area contributed by atoms with Crippen molar-refractivity contribution < 1.29 is 0 Å². The number of hydrogen-bond acceptors (Lipinski definition) is 2. The molecule has 0 bridgehead atoms. The number of benzene rings is 1. The van der Waals surface area contributed by atoms with E-state index in [1.807, 2.05) is 37.3 Å². The molecule has 0 unspecified atom stereocenters. The van der Waals surface area contributed by atoms with Gasteiger partial charge in [-0.15, -0.1) is 0 Å². The van der Waals surface area contributed by atoms with E-state index in [0.717, 1.165) is 5.69 Å². The Morgan fingerprint density at radius 1 is 1.18 bits per heavy atom. The van der Waals surface area contributed by atoms with Gasteiger partial charge in [0.05, 0.1) is 0 Å². The van der Waals surface area contributed by atoms with Gasteiger partial charge in [0, 0.05) is 5.69 Å². The van der Waals surface area contributed by atoms with E-state index in [-0.39, 0.29) is 0 Å². The van der Waals surface area contributed by atoms with Crippen molar-refractivity contribution in [2.45, 2.75) is 6.92 Å². The largest absolute Gasteiger partial charge is 0.405 e. The Morgan fingerprint density at radius 3 is 1.82 bits per heavy atom. The zero-order valence-electron chi connectivity index (χ0n) is 6.70. The van der Waals surface area contributed by atoms with Crippen molar-refractivity contribution in [2.75, 3.05) is 5.73 Å². The van der Waals surface area contributed by atoms with Gasteiger partial charge in [0.25, 0.3) is 0 Å². The van der Waals surface area contributed by atoms with Gasteiger partial charge in [0.15, 0.2) is 0 Å². The van der Waals surface area contributed by atoms with Crippen LogP contribution in [0.4, 0.5) is 5.69 Å². The Morgan fingerprint density at radius 2 is 1.64 bits per heavy atom. The van der Waals surface area contributed by atoms with Crippen molar-refractivity contribution >= 4 is 5.69 Å². The third-order valence-electron chi connectivity index (χ3n) is 0.992. The molecule has 60 valence electrons. The molecule has 0 radical (unpaired) electrons. The minimum Gasteiger partial charge on any atom is -0.405 e. The Bertz CT molecular complexity index is 188. The first-order chi connectivity index (χ1) is 5.31. The van der Waals surface area contributed by atoms with Gasteiger partial charge in [0.2, 0.25) is 0 Å². The van der Waals surface area contributed by atoms with E-state index in [1.54, 1.807) is 6.08 Å². The van der Waals surface area contributed by atoms with Gasteiger partial charge in [-0.05, 0) is 25.3 Å². The highest BCUT2D eigenvalue weighted by atomic mass is 14.5. The van der Waals surface area contributed by atoms with Crippen molar-refractivity contribution in [2.24, 2.45) is 5.73 Å². The summed E-state index contributed by atoms with van der Waals surface area (Å²) >= 11 is 0. The molecule has 1 aromatic carbocycles. The summed E-state index contributed by atoms with van der Waals surface area (Å²) in [6.07, 6.45) is 3.28. The fourth-order valence-electron chi connectivity index (χ4n) is 0.453. The van der Waals surface area contributed by atoms with Gasteiger partial charge in [-0.2, -0.15) is 0 Å². The minimum atomic E-state index is 0.822. The molecule has 1 aromatic rings. The first-order valence-corrected chi connectivity index (χ1v) is 3.44. The highest BCUT2D eigenvalue weighted by molar-refractivity contribution is 5.35. The standard InChI is InChI=1S/C6H7N.C3H7N/c7-6-4-2-1-3-5-6;1-2-3-4/h1-5H,7H2;2-3H,4H2,1H3. The van der Waals surface area contributed by atoms with Crippen LogP contribution in [0, 0.1) is 0 Å². The Balaban J connectivity index is 0.000000218. The number of rotatable bonds is 0. The predicted octanol–water partition coefficient (Wildman–Crippen LogP) is 1.75. The quantitative estimate of drug-likeness (QED) is 0.553. The van der Waals surface area contributed by atoms with Gasteiger partial charge in [0.1, 0.15) is 0 Å². The van der Waals surface area contributed by atoms with E-state index in [1.165, 1.54) is 6.20 Å². The molecule has 0 heterocycles. The number of para-hydroxylation sites is 1. The molecule has 0 aliphatic rings. The smallest absolute Gasteiger partial charge is 0.0313 e. The lowest BCUT2D eigenvalue weighted by atomic mass is 10.3. The molecular formula is C9H14N2. The Kier molecular flexibility index (Phi) is 5.80. The van der Waals surface area contributed by atoms with Crippen LogP contribution in [0.3, 0.4) is 0 Å². The Hall–Kier alpha value is -1.44. The maximum atomic E-state index is 5.36. The SMILES string of the molecule is CC=CN.Nc1ccccc1. The van der Waals surface area contributed by atoms with Crippen molar-refractivity contribution in [1.29, 1.82) is 0 Å². The molecule has 0 atom stereocenters. The molecule has 0 saturated heterocycles. The van der Waals surface area contributed by atoms with E-state index >= 15 is 0 Å². The first-order valence-electron chi connectivity index (χ1n) is 3.44. The van der Waals surface area contributed by atoms with E-state index in [9.17, 15) is 0 Å². The third kappa shape index (κ3) is 6.45. The number of nitrogen functional groups attached to an aromatic ring is 1. The van der Waals surface area contributed by atoms with Gasteiger partial charge in [-0.3, -0.25) is 0 Å². The zero-order valence-corrected chi connectivity index (χ0v) is 6.70. The average molecular weight is 150 g/mol. The molecule has 0 fully saturated rings. The third-order valence-corrected chi connectivity index (χ3v) is 0.992. The van der Waals surface area contributed by atoms with Crippen LogP contribution in [-0.4, -0.2) is 0 Å². The summed E-state index contributed by atoms with van der Waals surface area (Å²) < 4.78 is 0. The topological polar surface area (TPSA) is 52.0 Å². The predicted molar refractivity (Wildman–Crippen MR) is 49.9 cm³/mol. The van der Waals surface area contributed by atoms with Crippen LogP contribution in [0.15, 0.2) is 42.6 Å². The molecule has 0 saturated carbocycles. The van der Waals surface area contributed by atoms with E-state index in [0.29, 0.717) is 0 Å². The fraction of sp³-hybridized carbons (Fsp3) is 0.111. The van der Waals surface area contributed by atoms with Crippen molar-refractivity contribution in [3.8, 4) is 0 Å². The van der Waals surface area contributed by atoms with Gasteiger partial charge < -0.3 is 11.5 Å². The van der Waals surface area contributed by atoms with E-state index in [2.05, 4.69) is 0 Å². The second-order valence-corrected chi connectivity index (χ2v) is 1.94. The molecule has 2 heteroatoms. The van der Waals surface area contributed by atoms with Crippen molar-refractivity contribution in [1.82, 2.24) is 0 Å². The maximum Gasteiger partial charge on any atom is 0.0313 e. The molecule has 0 spiro atoms. The number of nitrogens with two attached hydrogens (primary N) is 2. The zero-order chi connectivity index (χ0) is 8.53. The van der Waals surface area contributed by atoms with Gasteiger partial charge >= 0.3 is 0 Å². The lowest BCUT2D eigenvalue weighted by Gasteiger charge is -1.83. The average Bonchev–Trinajstić information content (AvgIpc) is 2.07. The molecule has 0 aliphatic heterocycles. The molecular weight excluding hydrogens is 136 g/mol. The van der Waals surface area contributed by atoms with Gasteiger partial charge in [-0.1, -0.05) is 24.3 Å². The summed E-state index contributed by atoms with van der Waals surface area (Å²) in [5, 5.41) is 0. The van der Waals surface area contributed by atoms with Crippen LogP contribution in [0.5, 0.6) is 0 Å². The number of hydrogen-bond donors (Lipinski definition) is 2. The van der Waals surface area contributed by atoms with Crippen LogP contribution in [-0.2, 0) is 0 Å². The Labute approximate surface area is 67.5 Å². The second kappa shape index (κ2) is 6.68. The van der Waals surface area contributed by atoms with Crippen LogP contribution < -0.4 is 11.5 Å². The van der Waals surface area contributed by atoms with Crippen molar-refractivity contribution in [3.05, 3.63) is 42.6 Å². The summed E-state index contributed by atoms with van der Waals surface area (Å²) in [5.74, 6) is 0.